The monoisotopic (exact) mass is 280 g/mol. The first-order chi connectivity index (χ1) is 8.73. The van der Waals surface area contributed by atoms with Crippen LogP contribution in [0.2, 0.25) is 5.02 Å². The summed E-state index contributed by atoms with van der Waals surface area (Å²) in [6.45, 7) is 10.8. The second-order valence-electron chi connectivity index (χ2n) is 6.66. The highest BCUT2D eigenvalue weighted by molar-refractivity contribution is 6.31. The van der Waals surface area contributed by atoms with Gasteiger partial charge in [-0.05, 0) is 47.9 Å². The molecule has 1 unspecified atom stereocenters. The average Bonchev–Trinajstić information content (AvgIpc) is 2.26. The Balaban J connectivity index is 2.73. The number of carbonyl (C=O) groups is 1. The molecule has 0 saturated carbocycles. The van der Waals surface area contributed by atoms with E-state index in [-0.39, 0.29) is 11.2 Å². The molecule has 0 aliphatic carbocycles. The van der Waals surface area contributed by atoms with E-state index >= 15 is 0 Å². The number of Topliss-reactive ketones (excluding diaryl/α,β-unsaturated/α-hetero) is 1. The number of ketones is 1. The molecule has 1 aromatic rings. The molecule has 1 rings (SSSR count). The molecule has 0 spiro atoms. The minimum atomic E-state index is 0.225. The van der Waals surface area contributed by atoms with Crippen LogP contribution in [0.3, 0.4) is 0 Å². The smallest absolute Gasteiger partial charge is 0.163 e. The summed E-state index contributed by atoms with van der Waals surface area (Å²) in [4.78, 5) is 12.3. The average molecular weight is 281 g/mol. The van der Waals surface area contributed by atoms with E-state index < -0.39 is 0 Å². The number of benzene rings is 1. The van der Waals surface area contributed by atoms with Crippen LogP contribution in [0.1, 0.15) is 63.4 Å². The Morgan fingerprint density at radius 2 is 1.95 bits per heavy atom. The van der Waals surface area contributed by atoms with Gasteiger partial charge in [0, 0.05) is 17.0 Å². The lowest BCUT2D eigenvalue weighted by Gasteiger charge is -2.22. The zero-order valence-corrected chi connectivity index (χ0v) is 13.5. The molecule has 19 heavy (non-hydrogen) atoms. The summed E-state index contributed by atoms with van der Waals surface area (Å²) in [6, 6.07) is 5.62. The molecule has 0 fully saturated rings. The molecule has 1 aromatic carbocycles. The zero-order valence-electron chi connectivity index (χ0n) is 12.7. The normalized spacial score (nSPS) is 13.4. The quantitative estimate of drug-likeness (QED) is 0.647. The third-order valence-electron chi connectivity index (χ3n) is 3.24. The Morgan fingerprint density at radius 1 is 1.32 bits per heavy atom. The number of aryl methyl sites for hydroxylation is 1. The Bertz CT molecular complexity index is 443. The third-order valence-corrected chi connectivity index (χ3v) is 3.61. The first-order valence-electron chi connectivity index (χ1n) is 7.04. The van der Waals surface area contributed by atoms with Crippen molar-refractivity contribution in [3.05, 3.63) is 34.3 Å². The minimum Gasteiger partial charge on any atom is -0.294 e. The maximum atomic E-state index is 12.3. The fourth-order valence-corrected chi connectivity index (χ4v) is 2.82. The summed E-state index contributed by atoms with van der Waals surface area (Å²) in [6.07, 6.45) is 2.53. The summed E-state index contributed by atoms with van der Waals surface area (Å²) in [7, 11) is 0. The number of halogens is 1. The molecule has 1 nitrogen and oxygen atoms in total. The standard InChI is InChI=1S/C17H25ClO/c1-6-13-10-14(7-8-15(13)18)16(19)9-12(2)11-17(3,4)5/h7-8,10,12H,6,9,11H2,1-5H3. The molecule has 2 heteroatoms. The molecular weight excluding hydrogens is 256 g/mol. The lowest BCUT2D eigenvalue weighted by molar-refractivity contribution is 0.0954. The number of rotatable bonds is 5. The zero-order chi connectivity index (χ0) is 14.6. The van der Waals surface area contributed by atoms with E-state index in [0.717, 1.165) is 29.0 Å². The van der Waals surface area contributed by atoms with Crippen LogP contribution in [0, 0.1) is 11.3 Å². The summed E-state index contributed by atoms with van der Waals surface area (Å²) in [5, 5.41) is 0.752. The van der Waals surface area contributed by atoms with Gasteiger partial charge < -0.3 is 0 Å². The van der Waals surface area contributed by atoms with Gasteiger partial charge in [-0.15, -0.1) is 0 Å². The predicted molar refractivity (Wildman–Crippen MR) is 83.0 cm³/mol. The van der Waals surface area contributed by atoms with Gasteiger partial charge >= 0.3 is 0 Å². The predicted octanol–water partition coefficient (Wildman–Crippen LogP) is 5.55. The Hall–Kier alpha value is -0.820. The van der Waals surface area contributed by atoms with Gasteiger partial charge in [-0.25, -0.2) is 0 Å². The molecule has 0 aliphatic rings. The fourth-order valence-electron chi connectivity index (χ4n) is 2.57. The highest BCUT2D eigenvalue weighted by atomic mass is 35.5. The van der Waals surface area contributed by atoms with Gasteiger partial charge in [-0.2, -0.15) is 0 Å². The number of hydrogen-bond donors (Lipinski definition) is 0. The van der Waals surface area contributed by atoms with Crippen LogP contribution in [-0.4, -0.2) is 5.78 Å². The van der Waals surface area contributed by atoms with Crippen LogP contribution < -0.4 is 0 Å². The third kappa shape index (κ3) is 5.36. The minimum absolute atomic E-state index is 0.225. The fraction of sp³-hybridized carbons (Fsp3) is 0.588. The lowest BCUT2D eigenvalue weighted by Crippen LogP contribution is -2.14. The van der Waals surface area contributed by atoms with Gasteiger partial charge in [-0.1, -0.05) is 46.2 Å². The summed E-state index contributed by atoms with van der Waals surface area (Å²) < 4.78 is 0. The molecule has 0 bridgehead atoms. The van der Waals surface area contributed by atoms with Crippen molar-refractivity contribution in [2.24, 2.45) is 11.3 Å². The van der Waals surface area contributed by atoms with Crippen LogP contribution in [0.25, 0.3) is 0 Å². The van der Waals surface area contributed by atoms with Crippen molar-refractivity contribution < 1.29 is 4.79 Å². The van der Waals surface area contributed by atoms with Gasteiger partial charge in [0.05, 0.1) is 0 Å². The van der Waals surface area contributed by atoms with Crippen LogP contribution in [0.5, 0.6) is 0 Å². The van der Waals surface area contributed by atoms with Gasteiger partial charge in [0.1, 0.15) is 0 Å². The molecule has 0 N–H and O–H groups in total. The second kappa shape index (κ2) is 6.56. The number of carbonyl (C=O) groups excluding carboxylic acids is 1. The maximum absolute atomic E-state index is 12.3. The van der Waals surface area contributed by atoms with Crippen molar-refractivity contribution >= 4 is 17.4 Å². The van der Waals surface area contributed by atoms with Crippen molar-refractivity contribution in [2.75, 3.05) is 0 Å². The van der Waals surface area contributed by atoms with Crippen LogP contribution in [-0.2, 0) is 6.42 Å². The molecule has 106 valence electrons. The molecule has 0 heterocycles. The molecule has 0 radical (unpaired) electrons. The Labute approximate surface area is 122 Å². The van der Waals surface area contributed by atoms with Crippen molar-refractivity contribution in [1.29, 1.82) is 0 Å². The summed E-state index contributed by atoms with van der Waals surface area (Å²) in [5.74, 6) is 0.636. The highest BCUT2D eigenvalue weighted by Crippen LogP contribution is 2.27. The van der Waals surface area contributed by atoms with Gasteiger partial charge in [-0.3, -0.25) is 4.79 Å². The van der Waals surface area contributed by atoms with E-state index in [1.54, 1.807) is 0 Å². The van der Waals surface area contributed by atoms with Crippen LogP contribution >= 0.6 is 11.6 Å². The molecule has 0 aliphatic heterocycles. The molecule has 0 saturated heterocycles. The van der Waals surface area contributed by atoms with Gasteiger partial charge in [0.2, 0.25) is 0 Å². The van der Waals surface area contributed by atoms with Crippen molar-refractivity contribution in [1.82, 2.24) is 0 Å². The second-order valence-corrected chi connectivity index (χ2v) is 7.06. The lowest BCUT2D eigenvalue weighted by atomic mass is 9.83. The topological polar surface area (TPSA) is 17.1 Å². The molecule has 0 amide bonds. The summed E-state index contributed by atoms with van der Waals surface area (Å²) in [5.41, 5.74) is 2.12. The SMILES string of the molecule is CCc1cc(C(=O)CC(C)CC(C)(C)C)ccc1Cl. The van der Waals surface area contributed by atoms with E-state index in [1.807, 2.05) is 18.2 Å². The van der Waals surface area contributed by atoms with E-state index in [2.05, 4.69) is 34.6 Å². The van der Waals surface area contributed by atoms with E-state index in [9.17, 15) is 4.79 Å². The Kier molecular flexibility index (Phi) is 5.61. The number of hydrogen-bond acceptors (Lipinski definition) is 1. The molecule has 1 atom stereocenters. The van der Waals surface area contributed by atoms with E-state index in [0.29, 0.717) is 12.3 Å². The first-order valence-corrected chi connectivity index (χ1v) is 7.42. The first kappa shape index (κ1) is 16.2. The van der Waals surface area contributed by atoms with E-state index in [1.165, 1.54) is 0 Å². The van der Waals surface area contributed by atoms with Crippen molar-refractivity contribution in [3.8, 4) is 0 Å². The van der Waals surface area contributed by atoms with Gasteiger partial charge in [0.15, 0.2) is 5.78 Å². The highest BCUT2D eigenvalue weighted by Gasteiger charge is 2.18. The van der Waals surface area contributed by atoms with Crippen LogP contribution in [0.4, 0.5) is 0 Å². The Morgan fingerprint density at radius 3 is 2.47 bits per heavy atom. The maximum Gasteiger partial charge on any atom is 0.163 e. The van der Waals surface area contributed by atoms with E-state index in [4.69, 9.17) is 11.6 Å². The van der Waals surface area contributed by atoms with Crippen molar-refractivity contribution in [3.63, 3.8) is 0 Å². The largest absolute Gasteiger partial charge is 0.294 e. The molecular formula is C17H25ClO. The van der Waals surface area contributed by atoms with Crippen LogP contribution in [0.15, 0.2) is 18.2 Å². The van der Waals surface area contributed by atoms with Gasteiger partial charge in [0.25, 0.3) is 0 Å². The van der Waals surface area contributed by atoms with Crippen molar-refractivity contribution in [2.45, 2.75) is 53.9 Å². The summed E-state index contributed by atoms with van der Waals surface area (Å²) >= 11 is 6.08. The molecule has 0 aromatic heterocycles.